The van der Waals surface area contributed by atoms with E-state index in [1.807, 2.05) is 0 Å². The summed E-state index contributed by atoms with van der Waals surface area (Å²) in [4.78, 5) is 83.8. The molecule has 0 saturated carbocycles. The minimum absolute atomic E-state index is 0.125. The van der Waals surface area contributed by atoms with E-state index < -0.39 is 82.4 Å². The van der Waals surface area contributed by atoms with E-state index >= 15 is 0 Å². The Balaban J connectivity index is 1.08. The second-order valence-electron chi connectivity index (χ2n) is 15.9. The number of carbonyl (C=O) groups excluding carboxylic acids is 6. The van der Waals surface area contributed by atoms with Crippen LogP contribution in [0.2, 0.25) is 0 Å². The molecule has 0 aromatic heterocycles. The minimum atomic E-state index is -0.935. The molecule has 4 atom stereocenters. The van der Waals surface area contributed by atoms with Crippen LogP contribution in [0.4, 0.5) is 17.6 Å². The maximum Gasteiger partial charge on any atom is 0.246 e. The number of hydrogen-bond donors (Lipinski definition) is 4. The van der Waals surface area contributed by atoms with Crippen LogP contribution in [0.3, 0.4) is 0 Å². The largest absolute Gasteiger partial charge is 0.355 e. The standard InChI is InChI=1S/C48H50F4N6O6/c49-35-9-1-31(2-10-35)19-23-53-45(61)39-27-57(28-40(39)46(62)54-24-20-32-3-11-36(50)12-4-32)43(59)17-18-44(60)58-29-41(47(63)55-25-21-33-5-13-37(51)14-6-33)42(30-58)48(64)56-26-22-34-7-15-38(52)16-8-34/h1-18,39-42H,19-30H2,(H,53,61)(H,54,62)(H,55,63)(H,56,64)/b18-17+/t39-,40?,41-,42?/m1/s1. The molecule has 0 aliphatic carbocycles. The van der Waals surface area contributed by atoms with E-state index in [-0.39, 0.29) is 52.4 Å². The maximum absolute atomic E-state index is 13.6. The zero-order valence-electron chi connectivity index (χ0n) is 35.0. The Morgan fingerprint density at radius 1 is 0.391 bits per heavy atom. The van der Waals surface area contributed by atoms with Crippen molar-refractivity contribution in [3.05, 3.63) is 155 Å². The number of nitrogens with one attached hydrogen (secondary N) is 4. The van der Waals surface area contributed by atoms with Gasteiger partial charge in [0.05, 0.1) is 23.7 Å². The van der Waals surface area contributed by atoms with E-state index in [2.05, 4.69) is 21.3 Å². The van der Waals surface area contributed by atoms with Gasteiger partial charge in [-0.15, -0.1) is 0 Å². The number of nitrogens with zero attached hydrogens (tertiary/aromatic N) is 2. The van der Waals surface area contributed by atoms with E-state index in [0.717, 1.165) is 34.4 Å². The van der Waals surface area contributed by atoms with E-state index in [1.165, 1.54) is 58.3 Å². The zero-order valence-corrected chi connectivity index (χ0v) is 35.0. The van der Waals surface area contributed by atoms with Crippen LogP contribution in [-0.4, -0.2) is 97.6 Å². The lowest BCUT2D eigenvalue weighted by molar-refractivity contribution is -0.132. The summed E-state index contributed by atoms with van der Waals surface area (Å²) >= 11 is 0. The van der Waals surface area contributed by atoms with Crippen molar-refractivity contribution in [3.63, 3.8) is 0 Å². The van der Waals surface area contributed by atoms with Crippen LogP contribution < -0.4 is 21.3 Å². The minimum Gasteiger partial charge on any atom is -0.355 e. The molecule has 2 unspecified atom stereocenters. The van der Waals surface area contributed by atoms with E-state index in [0.29, 0.717) is 25.7 Å². The second-order valence-corrected chi connectivity index (χ2v) is 15.9. The SMILES string of the molecule is O=C(NCCc1ccc(F)cc1)C1CN(C(=O)/C=C/C(=O)N2CC(C(=O)NCCc3ccc(F)cc3)[C@H](C(=O)NCCc3ccc(F)cc3)C2)C[C@H]1C(=O)NCCc1ccc(F)cc1. The van der Waals surface area contributed by atoms with Crippen molar-refractivity contribution >= 4 is 35.4 Å². The Bertz CT molecular complexity index is 1990. The van der Waals surface area contributed by atoms with E-state index in [4.69, 9.17) is 0 Å². The molecule has 4 aromatic carbocycles. The average Bonchev–Trinajstić information content (AvgIpc) is 3.95. The van der Waals surface area contributed by atoms with Gasteiger partial charge in [-0.25, -0.2) is 17.6 Å². The van der Waals surface area contributed by atoms with Gasteiger partial charge in [0, 0.05) is 64.5 Å². The number of halogens is 4. The van der Waals surface area contributed by atoms with Crippen molar-refractivity contribution in [1.82, 2.24) is 31.1 Å². The highest BCUT2D eigenvalue weighted by Crippen LogP contribution is 2.27. The van der Waals surface area contributed by atoms with Crippen LogP contribution in [0.25, 0.3) is 0 Å². The van der Waals surface area contributed by atoms with Gasteiger partial charge in [-0.2, -0.15) is 0 Å². The number of rotatable bonds is 18. The first-order valence-corrected chi connectivity index (χ1v) is 21.2. The quantitative estimate of drug-likeness (QED) is 0.0884. The molecule has 2 aliphatic rings. The van der Waals surface area contributed by atoms with Crippen LogP contribution in [0.5, 0.6) is 0 Å². The summed E-state index contributed by atoms with van der Waals surface area (Å²) in [6.07, 6.45) is 3.66. The van der Waals surface area contributed by atoms with Gasteiger partial charge in [0.1, 0.15) is 23.3 Å². The Hall–Kier alpha value is -6.84. The molecule has 12 nitrogen and oxygen atoms in total. The van der Waals surface area contributed by atoms with Crippen molar-refractivity contribution in [2.24, 2.45) is 23.7 Å². The summed E-state index contributed by atoms with van der Waals surface area (Å²) in [5.41, 5.74) is 3.15. The predicted octanol–water partition coefficient (Wildman–Crippen LogP) is 3.68. The summed E-state index contributed by atoms with van der Waals surface area (Å²) in [6.45, 7) is 0.272. The number of amides is 6. The van der Waals surface area contributed by atoms with Crippen LogP contribution in [0.15, 0.2) is 109 Å². The molecule has 2 aliphatic heterocycles. The van der Waals surface area contributed by atoms with Crippen molar-refractivity contribution in [2.45, 2.75) is 25.7 Å². The van der Waals surface area contributed by atoms with Crippen molar-refractivity contribution in [2.75, 3.05) is 52.4 Å². The molecule has 4 aromatic rings. The van der Waals surface area contributed by atoms with Crippen LogP contribution in [-0.2, 0) is 54.5 Å². The van der Waals surface area contributed by atoms with Gasteiger partial charge < -0.3 is 31.1 Å². The smallest absolute Gasteiger partial charge is 0.246 e. The molecule has 64 heavy (non-hydrogen) atoms. The molecule has 6 rings (SSSR count). The summed E-state index contributed by atoms with van der Waals surface area (Å²) in [7, 11) is 0. The topological polar surface area (TPSA) is 157 Å². The Labute approximate surface area is 368 Å². The number of likely N-dealkylation sites (tertiary alicyclic amines) is 2. The highest BCUT2D eigenvalue weighted by atomic mass is 19.1. The van der Waals surface area contributed by atoms with Crippen molar-refractivity contribution in [1.29, 1.82) is 0 Å². The Kier molecular flexibility index (Phi) is 16.4. The average molecular weight is 883 g/mol. The highest BCUT2D eigenvalue weighted by molar-refractivity contribution is 5.99. The summed E-state index contributed by atoms with van der Waals surface area (Å²) < 4.78 is 53.5. The van der Waals surface area contributed by atoms with Crippen LogP contribution in [0.1, 0.15) is 22.3 Å². The van der Waals surface area contributed by atoms with Crippen molar-refractivity contribution in [3.8, 4) is 0 Å². The number of carbonyl (C=O) groups is 6. The van der Waals surface area contributed by atoms with Gasteiger partial charge in [-0.1, -0.05) is 48.5 Å². The van der Waals surface area contributed by atoms with Gasteiger partial charge in [0.25, 0.3) is 0 Å². The van der Waals surface area contributed by atoms with Gasteiger partial charge in [-0.3, -0.25) is 28.8 Å². The zero-order chi connectivity index (χ0) is 45.6. The van der Waals surface area contributed by atoms with Gasteiger partial charge in [0.2, 0.25) is 35.4 Å². The fourth-order valence-electron chi connectivity index (χ4n) is 7.83. The monoisotopic (exact) mass is 882 g/mol. The molecule has 0 bridgehead atoms. The molecule has 2 saturated heterocycles. The first-order valence-electron chi connectivity index (χ1n) is 21.2. The molecule has 2 heterocycles. The number of hydrogen-bond acceptors (Lipinski definition) is 6. The third kappa shape index (κ3) is 13.3. The molecule has 4 N–H and O–H groups in total. The van der Waals surface area contributed by atoms with Crippen LogP contribution in [0, 0.1) is 46.9 Å². The predicted molar refractivity (Wildman–Crippen MR) is 229 cm³/mol. The fraction of sp³-hybridized carbons (Fsp3) is 0.333. The summed E-state index contributed by atoms with van der Waals surface area (Å²) in [5.74, 6) is -8.41. The maximum atomic E-state index is 13.6. The van der Waals surface area contributed by atoms with Crippen LogP contribution >= 0.6 is 0 Å². The molecule has 2 fully saturated rings. The van der Waals surface area contributed by atoms with Crippen molar-refractivity contribution < 1.29 is 46.3 Å². The fourth-order valence-corrected chi connectivity index (χ4v) is 7.83. The summed E-state index contributed by atoms with van der Waals surface area (Å²) in [5, 5.41) is 11.3. The first-order chi connectivity index (χ1) is 30.8. The molecular formula is C48H50F4N6O6. The third-order valence-corrected chi connectivity index (χ3v) is 11.5. The third-order valence-electron chi connectivity index (χ3n) is 11.5. The van der Waals surface area contributed by atoms with E-state index in [9.17, 15) is 46.3 Å². The first kappa shape index (κ1) is 46.7. The summed E-state index contributed by atoms with van der Waals surface area (Å²) in [6, 6.07) is 23.3. The number of benzene rings is 4. The molecular weight excluding hydrogens is 833 g/mol. The van der Waals surface area contributed by atoms with Gasteiger partial charge in [-0.05, 0) is 96.5 Å². The molecule has 16 heteroatoms. The lowest BCUT2D eigenvalue weighted by Crippen LogP contribution is -2.42. The lowest BCUT2D eigenvalue weighted by Gasteiger charge is -2.17. The molecule has 0 spiro atoms. The molecule has 6 amide bonds. The van der Waals surface area contributed by atoms with Gasteiger partial charge in [0.15, 0.2) is 0 Å². The Morgan fingerprint density at radius 2 is 0.594 bits per heavy atom. The molecule has 336 valence electrons. The highest BCUT2D eigenvalue weighted by Gasteiger charge is 2.44. The van der Waals surface area contributed by atoms with E-state index in [1.54, 1.807) is 48.5 Å². The second kappa shape index (κ2) is 22.5. The molecule has 0 radical (unpaired) electrons. The Morgan fingerprint density at radius 3 is 0.797 bits per heavy atom. The normalized spacial score (nSPS) is 18.2. The lowest BCUT2D eigenvalue weighted by atomic mass is 9.94. The van der Waals surface area contributed by atoms with Gasteiger partial charge >= 0.3 is 0 Å².